The van der Waals surface area contributed by atoms with Gasteiger partial charge in [-0.3, -0.25) is 0 Å². The lowest BCUT2D eigenvalue weighted by Gasteiger charge is -2.03. The van der Waals surface area contributed by atoms with E-state index in [9.17, 15) is 0 Å². The minimum atomic E-state index is 0.760. The van der Waals surface area contributed by atoms with Gasteiger partial charge in [0.2, 0.25) is 0 Å². The molecule has 2 nitrogen and oxygen atoms in total. The van der Waals surface area contributed by atoms with Crippen LogP contribution in [-0.2, 0) is 13.0 Å². The van der Waals surface area contributed by atoms with Crippen molar-refractivity contribution >= 4 is 26.8 Å². The molecule has 3 heteroatoms. The van der Waals surface area contributed by atoms with Gasteiger partial charge in [-0.15, -0.1) is 0 Å². The molecule has 0 spiro atoms. The second-order valence-corrected chi connectivity index (χ2v) is 5.67. The van der Waals surface area contributed by atoms with E-state index in [1.807, 2.05) is 0 Å². The Labute approximate surface area is 117 Å². The minimum absolute atomic E-state index is 0.760. The maximum absolute atomic E-state index is 5.62. The molecule has 1 aromatic heterocycles. The quantitative estimate of drug-likeness (QED) is 0.856. The summed E-state index contributed by atoms with van der Waals surface area (Å²) >= 11 is 3.56. The number of aromatic nitrogens is 1. The number of nitrogens with zero attached hydrogens (tertiary/aromatic N) is 1. The summed E-state index contributed by atoms with van der Waals surface area (Å²) in [5, 5.41) is 1.37. The van der Waals surface area contributed by atoms with Crippen LogP contribution in [-0.4, -0.2) is 11.1 Å². The van der Waals surface area contributed by atoms with Crippen molar-refractivity contribution < 1.29 is 0 Å². The van der Waals surface area contributed by atoms with E-state index in [4.69, 9.17) is 5.73 Å². The SMILES string of the molecule is CCCCn1cc(CCCN)c2cc(Br)ccc21. The lowest BCUT2D eigenvalue weighted by Crippen LogP contribution is -2.00. The number of rotatable bonds is 6. The molecule has 0 amide bonds. The van der Waals surface area contributed by atoms with Crippen molar-refractivity contribution in [3.8, 4) is 0 Å². The first kappa shape index (κ1) is 13.6. The van der Waals surface area contributed by atoms with Gasteiger partial charge >= 0.3 is 0 Å². The van der Waals surface area contributed by atoms with Crippen molar-refractivity contribution in [3.63, 3.8) is 0 Å². The molecule has 98 valence electrons. The van der Waals surface area contributed by atoms with E-state index in [0.717, 1.165) is 30.4 Å². The summed E-state index contributed by atoms with van der Waals surface area (Å²) in [6, 6.07) is 6.56. The molecular formula is C15H21BrN2. The fraction of sp³-hybridized carbons (Fsp3) is 0.467. The zero-order valence-electron chi connectivity index (χ0n) is 11.0. The van der Waals surface area contributed by atoms with Gasteiger partial charge < -0.3 is 10.3 Å². The van der Waals surface area contributed by atoms with E-state index in [1.165, 1.54) is 29.3 Å². The third-order valence-corrected chi connectivity index (χ3v) is 3.82. The van der Waals surface area contributed by atoms with Gasteiger partial charge in [0.15, 0.2) is 0 Å². The van der Waals surface area contributed by atoms with E-state index in [-0.39, 0.29) is 0 Å². The summed E-state index contributed by atoms with van der Waals surface area (Å²) in [7, 11) is 0. The third-order valence-electron chi connectivity index (χ3n) is 3.33. The van der Waals surface area contributed by atoms with Crippen molar-refractivity contribution in [3.05, 3.63) is 34.4 Å². The van der Waals surface area contributed by atoms with Crippen LogP contribution in [0.2, 0.25) is 0 Å². The first-order chi connectivity index (χ1) is 8.76. The van der Waals surface area contributed by atoms with Gasteiger partial charge in [0.1, 0.15) is 0 Å². The van der Waals surface area contributed by atoms with Crippen LogP contribution in [0.5, 0.6) is 0 Å². The average molecular weight is 309 g/mol. The molecule has 0 aliphatic rings. The highest BCUT2D eigenvalue weighted by molar-refractivity contribution is 9.10. The molecule has 2 N–H and O–H groups in total. The van der Waals surface area contributed by atoms with Crippen LogP contribution >= 0.6 is 15.9 Å². The summed E-state index contributed by atoms with van der Waals surface area (Å²) in [4.78, 5) is 0. The van der Waals surface area contributed by atoms with Crippen molar-refractivity contribution in [2.24, 2.45) is 5.73 Å². The maximum atomic E-state index is 5.62. The molecule has 0 aliphatic carbocycles. The number of fused-ring (bicyclic) bond motifs is 1. The van der Waals surface area contributed by atoms with Crippen LogP contribution in [0.3, 0.4) is 0 Å². The number of unbranched alkanes of at least 4 members (excludes halogenated alkanes) is 1. The zero-order chi connectivity index (χ0) is 13.0. The van der Waals surface area contributed by atoms with E-state index < -0.39 is 0 Å². The highest BCUT2D eigenvalue weighted by Crippen LogP contribution is 2.26. The van der Waals surface area contributed by atoms with Crippen molar-refractivity contribution in [1.82, 2.24) is 4.57 Å². The largest absolute Gasteiger partial charge is 0.347 e. The fourth-order valence-electron chi connectivity index (χ4n) is 2.35. The Hall–Kier alpha value is -0.800. The van der Waals surface area contributed by atoms with Gasteiger partial charge in [-0.1, -0.05) is 29.3 Å². The second-order valence-electron chi connectivity index (χ2n) is 4.75. The number of nitrogens with two attached hydrogens (primary N) is 1. The maximum Gasteiger partial charge on any atom is 0.0483 e. The van der Waals surface area contributed by atoms with Crippen molar-refractivity contribution in [2.75, 3.05) is 6.54 Å². The van der Waals surface area contributed by atoms with Crippen LogP contribution in [0.25, 0.3) is 10.9 Å². The van der Waals surface area contributed by atoms with Crippen LogP contribution in [0.4, 0.5) is 0 Å². The first-order valence-electron chi connectivity index (χ1n) is 6.73. The highest BCUT2D eigenvalue weighted by Gasteiger charge is 2.08. The Balaban J connectivity index is 2.39. The van der Waals surface area contributed by atoms with Crippen molar-refractivity contribution in [2.45, 2.75) is 39.2 Å². The van der Waals surface area contributed by atoms with Gasteiger partial charge in [-0.25, -0.2) is 0 Å². The summed E-state index contributed by atoms with van der Waals surface area (Å²) < 4.78 is 3.54. The standard InChI is InChI=1S/C15H21BrN2/c1-2-3-9-18-11-12(5-4-8-17)14-10-13(16)6-7-15(14)18/h6-7,10-11H,2-5,8-9,17H2,1H3. The Morgan fingerprint density at radius 3 is 2.83 bits per heavy atom. The minimum Gasteiger partial charge on any atom is -0.347 e. The lowest BCUT2D eigenvalue weighted by molar-refractivity contribution is 0.647. The number of halogens is 1. The van der Waals surface area contributed by atoms with Crippen LogP contribution < -0.4 is 5.73 Å². The van der Waals surface area contributed by atoms with Gasteiger partial charge in [0.05, 0.1) is 0 Å². The molecule has 0 saturated heterocycles. The molecule has 0 unspecified atom stereocenters. The average Bonchev–Trinajstić information content (AvgIpc) is 2.71. The fourth-order valence-corrected chi connectivity index (χ4v) is 2.71. The highest BCUT2D eigenvalue weighted by atomic mass is 79.9. The van der Waals surface area contributed by atoms with E-state index in [2.05, 4.69) is 51.8 Å². The molecular weight excluding hydrogens is 288 g/mol. The Morgan fingerprint density at radius 1 is 1.28 bits per heavy atom. The van der Waals surface area contributed by atoms with Gasteiger partial charge in [-0.05, 0) is 49.6 Å². The molecule has 0 atom stereocenters. The summed E-state index contributed by atoms with van der Waals surface area (Å²) in [5.41, 5.74) is 8.39. The van der Waals surface area contributed by atoms with Gasteiger partial charge in [-0.2, -0.15) is 0 Å². The molecule has 0 saturated carbocycles. The van der Waals surface area contributed by atoms with Gasteiger partial charge in [0, 0.05) is 28.1 Å². The number of hydrogen-bond donors (Lipinski definition) is 1. The van der Waals surface area contributed by atoms with Crippen LogP contribution in [0, 0.1) is 0 Å². The molecule has 18 heavy (non-hydrogen) atoms. The first-order valence-corrected chi connectivity index (χ1v) is 7.53. The lowest BCUT2D eigenvalue weighted by atomic mass is 10.1. The Kier molecular flexibility index (Phi) is 4.84. The van der Waals surface area contributed by atoms with Crippen LogP contribution in [0.15, 0.2) is 28.9 Å². The Morgan fingerprint density at radius 2 is 2.11 bits per heavy atom. The summed E-state index contributed by atoms with van der Waals surface area (Å²) in [6.07, 6.45) is 6.90. The molecule has 0 fully saturated rings. The zero-order valence-corrected chi connectivity index (χ0v) is 12.5. The van der Waals surface area contributed by atoms with Crippen LogP contribution in [0.1, 0.15) is 31.7 Å². The normalized spacial score (nSPS) is 11.3. The number of hydrogen-bond acceptors (Lipinski definition) is 1. The number of benzene rings is 1. The van der Waals surface area contributed by atoms with E-state index in [0.29, 0.717) is 0 Å². The number of aryl methyl sites for hydroxylation is 2. The summed E-state index contributed by atoms with van der Waals surface area (Å²) in [6.45, 7) is 4.10. The van der Waals surface area contributed by atoms with Crippen molar-refractivity contribution in [1.29, 1.82) is 0 Å². The predicted molar refractivity (Wildman–Crippen MR) is 81.9 cm³/mol. The second kappa shape index (κ2) is 6.39. The predicted octanol–water partition coefficient (Wildman–Crippen LogP) is 4.10. The molecule has 0 aliphatic heterocycles. The molecule has 1 aromatic carbocycles. The molecule has 0 radical (unpaired) electrons. The molecule has 2 rings (SSSR count). The smallest absolute Gasteiger partial charge is 0.0483 e. The molecule has 0 bridgehead atoms. The summed E-state index contributed by atoms with van der Waals surface area (Å²) in [5.74, 6) is 0. The van der Waals surface area contributed by atoms with E-state index in [1.54, 1.807) is 0 Å². The molecule has 2 aromatic rings. The van der Waals surface area contributed by atoms with Gasteiger partial charge in [0.25, 0.3) is 0 Å². The van der Waals surface area contributed by atoms with E-state index >= 15 is 0 Å². The molecule has 1 heterocycles. The topological polar surface area (TPSA) is 30.9 Å². The monoisotopic (exact) mass is 308 g/mol. The Bertz CT molecular complexity index is 516. The third kappa shape index (κ3) is 2.96.